The molecule has 4 rings (SSSR count). The standard InChI is InChI=1S/C26H24N2O5/c1-3-31-21-10-12-22-20(14-21)15-25(33-22)26(29)28-27-16-19-9-11-23(30-2)24(13-19)32-17-18-7-5-4-6-8-18/h4-16H,3,17H2,1-2H3,(H,28,29)/b27-16+. The number of methoxy groups -OCH3 is 1. The number of rotatable bonds is 9. The summed E-state index contributed by atoms with van der Waals surface area (Å²) in [6.07, 6.45) is 1.53. The van der Waals surface area contributed by atoms with Crippen LogP contribution in [0.2, 0.25) is 0 Å². The fourth-order valence-corrected chi connectivity index (χ4v) is 3.23. The number of amides is 1. The normalized spacial score (nSPS) is 11.0. The Morgan fingerprint density at radius 2 is 1.85 bits per heavy atom. The number of carbonyl (C=O) groups excluding carboxylic acids is 1. The molecule has 7 nitrogen and oxygen atoms in total. The van der Waals surface area contributed by atoms with Gasteiger partial charge >= 0.3 is 5.91 Å². The van der Waals surface area contributed by atoms with Crippen LogP contribution in [-0.2, 0) is 6.61 Å². The molecule has 0 saturated heterocycles. The molecule has 7 heteroatoms. The average Bonchev–Trinajstić information content (AvgIpc) is 3.27. The Bertz CT molecular complexity index is 1260. The lowest BCUT2D eigenvalue weighted by atomic mass is 10.2. The molecule has 168 valence electrons. The number of fused-ring (bicyclic) bond motifs is 1. The fourth-order valence-electron chi connectivity index (χ4n) is 3.23. The highest BCUT2D eigenvalue weighted by Crippen LogP contribution is 2.28. The summed E-state index contributed by atoms with van der Waals surface area (Å²) in [5.41, 5.74) is 4.87. The van der Waals surface area contributed by atoms with Gasteiger partial charge in [0.05, 0.1) is 19.9 Å². The summed E-state index contributed by atoms with van der Waals surface area (Å²) < 4.78 is 22.4. The molecular formula is C26H24N2O5. The molecule has 0 atom stereocenters. The van der Waals surface area contributed by atoms with Gasteiger partial charge in [-0.25, -0.2) is 5.43 Å². The topological polar surface area (TPSA) is 82.3 Å². The Balaban J connectivity index is 1.42. The predicted octanol–water partition coefficient (Wildman–Crippen LogP) is 5.18. The van der Waals surface area contributed by atoms with Crippen molar-refractivity contribution in [3.05, 3.63) is 89.7 Å². The molecule has 0 aliphatic heterocycles. The van der Waals surface area contributed by atoms with Crippen LogP contribution in [0.1, 0.15) is 28.6 Å². The Labute approximate surface area is 191 Å². The van der Waals surface area contributed by atoms with E-state index in [-0.39, 0.29) is 5.76 Å². The van der Waals surface area contributed by atoms with Crippen LogP contribution in [0, 0.1) is 0 Å². The maximum atomic E-state index is 12.4. The molecule has 1 amide bonds. The van der Waals surface area contributed by atoms with Crippen LogP contribution < -0.4 is 19.6 Å². The van der Waals surface area contributed by atoms with E-state index in [9.17, 15) is 4.79 Å². The zero-order valence-electron chi connectivity index (χ0n) is 18.4. The van der Waals surface area contributed by atoms with E-state index in [0.29, 0.717) is 30.3 Å². The number of hydrogen-bond acceptors (Lipinski definition) is 6. The first-order chi connectivity index (χ1) is 16.2. The zero-order valence-corrected chi connectivity index (χ0v) is 18.4. The summed E-state index contributed by atoms with van der Waals surface area (Å²) in [5.74, 6) is 1.63. The smallest absolute Gasteiger partial charge is 0.307 e. The maximum Gasteiger partial charge on any atom is 0.307 e. The van der Waals surface area contributed by atoms with Crippen LogP contribution in [0.3, 0.4) is 0 Å². The van der Waals surface area contributed by atoms with E-state index in [1.54, 1.807) is 37.4 Å². The second kappa shape index (κ2) is 10.4. The first-order valence-corrected chi connectivity index (χ1v) is 10.5. The van der Waals surface area contributed by atoms with Crippen molar-refractivity contribution in [2.45, 2.75) is 13.5 Å². The number of ether oxygens (including phenoxy) is 3. The molecular weight excluding hydrogens is 420 g/mol. The van der Waals surface area contributed by atoms with Crippen molar-refractivity contribution < 1.29 is 23.4 Å². The average molecular weight is 444 g/mol. The number of hydrogen-bond donors (Lipinski definition) is 1. The Kier molecular flexibility index (Phi) is 6.90. The highest BCUT2D eigenvalue weighted by atomic mass is 16.5. The number of benzene rings is 3. The molecule has 3 aromatic carbocycles. The summed E-state index contributed by atoms with van der Waals surface area (Å²) in [6, 6.07) is 22.3. The molecule has 1 heterocycles. The number of nitrogens with one attached hydrogen (secondary N) is 1. The minimum Gasteiger partial charge on any atom is -0.494 e. The van der Waals surface area contributed by atoms with Gasteiger partial charge in [-0.05, 0) is 60.5 Å². The number of carbonyl (C=O) groups is 1. The van der Waals surface area contributed by atoms with Gasteiger partial charge in [-0.15, -0.1) is 0 Å². The highest BCUT2D eigenvalue weighted by molar-refractivity contribution is 5.96. The van der Waals surface area contributed by atoms with E-state index in [1.165, 1.54) is 6.21 Å². The van der Waals surface area contributed by atoms with Gasteiger partial charge in [-0.3, -0.25) is 4.79 Å². The van der Waals surface area contributed by atoms with Crippen molar-refractivity contribution in [1.82, 2.24) is 5.43 Å². The molecule has 0 radical (unpaired) electrons. The number of furan rings is 1. The molecule has 0 fully saturated rings. The second-order valence-corrected chi connectivity index (χ2v) is 7.13. The highest BCUT2D eigenvalue weighted by Gasteiger charge is 2.12. The fraction of sp³-hybridized carbons (Fsp3) is 0.154. The van der Waals surface area contributed by atoms with Gasteiger partial charge in [0.15, 0.2) is 17.3 Å². The van der Waals surface area contributed by atoms with Crippen molar-refractivity contribution in [2.75, 3.05) is 13.7 Å². The third-order valence-electron chi connectivity index (χ3n) is 4.83. The first kappa shape index (κ1) is 22.0. The molecule has 4 aromatic rings. The van der Waals surface area contributed by atoms with E-state index in [0.717, 1.165) is 22.3 Å². The molecule has 0 spiro atoms. The molecule has 0 unspecified atom stereocenters. The van der Waals surface area contributed by atoms with Gasteiger partial charge < -0.3 is 18.6 Å². The van der Waals surface area contributed by atoms with Gasteiger partial charge in [-0.2, -0.15) is 5.10 Å². The van der Waals surface area contributed by atoms with E-state index in [2.05, 4.69) is 10.5 Å². The summed E-state index contributed by atoms with van der Waals surface area (Å²) in [6.45, 7) is 2.89. The van der Waals surface area contributed by atoms with E-state index in [1.807, 2.05) is 49.4 Å². The Hall–Kier alpha value is -4.26. The van der Waals surface area contributed by atoms with Crippen LogP contribution >= 0.6 is 0 Å². The third-order valence-corrected chi connectivity index (χ3v) is 4.83. The first-order valence-electron chi connectivity index (χ1n) is 10.5. The zero-order chi connectivity index (χ0) is 23.0. The third kappa shape index (κ3) is 5.51. The Morgan fingerprint density at radius 3 is 2.64 bits per heavy atom. The largest absolute Gasteiger partial charge is 0.494 e. The van der Waals surface area contributed by atoms with Crippen LogP contribution in [0.25, 0.3) is 11.0 Å². The molecule has 0 bridgehead atoms. The van der Waals surface area contributed by atoms with Crippen LogP contribution in [0.4, 0.5) is 0 Å². The lowest BCUT2D eigenvalue weighted by molar-refractivity contribution is 0.0929. The van der Waals surface area contributed by atoms with Crippen molar-refractivity contribution in [2.24, 2.45) is 5.10 Å². The van der Waals surface area contributed by atoms with Gasteiger partial charge in [0.1, 0.15) is 17.9 Å². The van der Waals surface area contributed by atoms with Crippen LogP contribution in [0.15, 0.2) is 82.3 Å². The molecule has 1 aromatic heterocycles. The van der Waals surface area contributed by atoms with Gasteiger partial charge in [-0.1, -0.05) is 30.3 Å². The molecule has 0 aliphatic rings. The SMILES string of the molecule is CCOc1ccc2oc(C(=O)N/N=C/c3ccc(OC)c(OCc4ccccc4)c3)cc2c1. The predicted molar refractivity (Wildman–Crippen MR) is 126 cm³/mol. The summed E-state index contributed by atoms with van der Waals surface area (Å²) in [7, 11) is 1.59. The van der Waals surface area contributed by atoms with Crippen LogP contribution in [0.5, 0.6) is 17.2 Å². The van der Waals surface area contributed by atoms with E-state index in [4.69, 9.17) is 18.6 Å². The monoisotopic (exact) mass is 444 g/mol. The van der Waals surface area contributed by atoms with E-state index < -0.39 is 5.91 Å². The summed E-state index contributed by atoms with van der Waals surface area (Å²) in [4.78, 5) is 12.4. The minimum atomic E-state index is -0.450. The maximum absolute atomic E-state index is 12.4. The molecule has 0 saturated carbocycles. The number of nitrogens with zero attached hydrogens (tertiary/aromatic N) is 1. The summed E-state index contributed by atoms with van der Waals surface area (Å²) >= 11 is 0. The van der Waals surface area contributed by atoms with Gasteiger partial charge in [0.2, 0.25) is 0 Å². The van der Waals surface area contributed by atoms with E-state index >= 15 is 0 Å². The second-order valence-electron chi connectivity index (χ2n) is 7.13. The van der Waals surface area contributed by atoms with Gasteiger partial charge in [0.25, 0.3) is 0 Å². The quantitative estimate of drug-likeness (QED) is 0.284. The van der Waals surface area contributed by atoms with Crippen molar-refractivity contribution in [1.29, 1.82) is 0 Å². The van der Waals surface area contributed by atoms with Crippen LogP contribution in [-0.4, -0.2) is 25.8 Å². The molecule has 1 N–H and O–H groups in total. The lowest BCUT2D eigenvalue weighted by Gasteiger charge is -2.11. The number of hydrazone groups is 1. The van der Waals surface area contributed by atoms with Crippen molar-refractivity contribution >= 4 is 23.1 Å². The molecule has 0 aliphatic carbocycles. The Morgan fingerprint density at radius 1 is 1.00 bits per heavy atom. The van der Waals surface area contributed by atoms with Crippen molar-refractivity contribution in [3.8, 4) is 17.2 Å². The molecule has 33 heavy (non-hydrogen) atoms. The minimum absolute atomic E-state index is 0.164. The van der Waals surface area contributed by atoms with Crippen molar-refractivity contribution in [3.63, 3.8) is 0 Å². The van der Waals surface area contributed by atoms with Gasteiger partial charge in [0, 0.05) is 5.39 Å². The summed E-state index contributed by atoms with van der Waals surface area (Å²) in [5, 5.41) is 4.83. The lowest BCUT2D eigenvalue weighted by Crippen LogP contribution is -2.16.